The molecule has 2 aromatic rings. The van der Waals surface area contributed by atoms with E-state index in [-0.39, 0.29) is 5.91 Å². The van der Waals surface area contributed by atoms with Gasteiger partial charge in [0.1, 0.15) is 5.69 Å². The van der Waals surface area contributed by atoms with E-state index in [0.29, 0.717) is 17.7 Å². The van der Waals surface area contributed by atoms with E-state index < -0.39 is 0 Å². The number of aromatic nitrogens is 1. The first-order valence-electron chi connectivity index (χ1n) is 10.5. The van der Waals surface area contributed by atoms with Crippen molar-refractivity contribution in [3.63, 3.8) is 0 Å². The van der Waals surface area contributed by atoms with E-state index in [4.69, 9.17) is 11.6 Å². The number of thiazole rings is 1. The third kappa shape index (κ3) is 4.76. The summed E-state index contributed by atoms with van der Waals surface area (Å²) in [5.74, 6) is 0.460. The molecule has 1 aromatic carbocycles. The Kier molecular flexibility index (Phi) is 6.42. The minimum Gasteiger partial charge on any atom is -0.369 e. The lowest BCUT2D eigenvalue weighted by molar-refractivity contribution is 0.0559. The fourth-order valence-electron chi connectivity index (χ4n) is 4.27. The van der Waals surface area contributed by atoms with Gasteiger partial charge in [-0.25, -0.2) is 4.98 Å². The Hall–Kier alpha value is -1.63. The van der Waals surface area contributed by atoms with Crippen LogP contribution in [0.25, 0.3) is 0 Å². The molecule has 1 amide bonds. The molecule has 3 heterocycles. The number of anilines is 1. The van der Waals surface area contributed by atoms with Crippen molar-refractivity contribution >= 4 is 34.5 Å². The molecule has 1 aromatic heterocycles. The van der Waals surface area contributed by atoms with Gasteiger partial charge in [-0.1, -0.05) is 31.5 Å². The van der Waals surface area contributed by atoms with Crippen molar-refractivity contribution in [3.8, 4) is 0 Å². The molecule has 0 radical (unpaired) electrons. The molecule has 0 unspecified atom stereocenters. The zero-order valence-corrected chi connectivity index (χ0v) is 18.8. The van der Waals surface area contributed by atoms with Gasteiger partial charge in [-0.2, -0.15) is 0 Å². The van der Waals surface area contributed by atoms with Crippen molar-refractivity contribution in [2.45, 2.75) is 38.6 Å². The van der Waals surface area contributed by atoms with Gasteiger partial charge in [0.25, 0.3) is 5.91 Å². The molecule has 2 aliphatic rings. The zero-order valence-electron chi connectivity index (χ0n) is 17.2. The number of nitrogens with zero attached hydrogens (tertiary/aromatic N) is 4. The number of carbonyl (C=O) groups excluding carboxylic acids is 1. The van der Waals surface area contributed by atoms with E-state index >= 15 is 0 Å². The van der Waals surface area contributed by atoms with Crippen LogP contribution < -0.4 is 4.90 Å². The lowest BCUT2D eigenvalue weighted by Crippen LogP contribution is -2.55. The second-order valence-electron chi connectivity index (χ2n) is 8.28. The van der Waals surface area contributed by atoms with E-state index in [9.17, 15) is 4.79 Å². The van der Waals surface area contributed by atoms with E-state index in [1.807, 2.05) is 28.5 Å². The van der Waals surface area contributed by atoms with Crippen molar-refractivity contribution in [2.75, 3.05) is 44.2 Å². The van der Waals surface area contributed by atoms with Gasteiger partial charge < -0.3 is 9.80 Å². The predicted molar refractivity (Wildman–Crippen MR) is 120 cm³/mol. The fourth-order valence-corrected chi connectivity index (χ4v) is 5.26. The van der Waals surface area contributed by atoms with Crippen LogP contribution in [0.1, 0.15) is 48.1 Å². The molecule has 29 heavy (non-hydrogen) atoms. The lowest BCUT2D eigenvalue weighted by atomic mass is 10.0. The van der Waals surface area contributed by atoms with Gasteiger partial charge in [0, 0.05) is 67.3 Å². The van der Waals surface area contributed by atoms with E-state index in [2.05, 4.69) is 34.7 Å². The van der Waals surface area contributed by atoms with Crippen LogP contribution in [0, 0.1) is 0 Å². The van der Waals surface area contributed by atoms with Gasteiger partial charge in [-0.15, -0.1) is 11.3 Å². The second-order valence-corrected chi connectivity index (χ2v) is 9.60. The maximum absolute atomic E-state index is 13.0. The van der Waals surface area contributed by atoms with E-state index in [0.717, 1.165) is 62.1 Å². The molecule has 4 rings (SSSR count). The maximum atomic E-state index is 13.0. The number of benzene rings is 1. The third-order valence-corrected chi connectivity index (χ3v) is 7.30. The molecule has 7 heteroatoms. The summed E-state index contributed by atoms with van der Waals surface area (Å²) in [5.41, 5.74) is 1.81. The Morgan fingerprint density at radius 2 is 2.00 bits per heavy atom. The molecule has 0 bridgehead atoms. The van der Waals surface area contributed by atoms with Gasteiger partial charge in [-0.3, -0.25) is 9.69 Å². The Morgan fingerprint density at radius 3 is 2.69 bits per heavy atom. The van der Waals surface area contributed by atoms with Gasteiger partial charge >= 0.3 is 0 Å². The summed E-state index contributed by atoms with van der Waals surface area (Å²) in [6, 6.07) is 8.54. The molecule has 0 N–H and O–H groups in total. The van der Waals surface area contributed by atoms with Crippen molar-refractivity contribution in [3.05, 3.63) is 45.4 Å². The SMILES string of the molecule is CC(C)c1nc(C(=O)N2CCC[C@H](N3CCN(c4cccc(Cl)c4)CC3)C2)cs1. The number of hydrogen-bond donors (Lipinski definition) is 0. The van der Waals surface area contributed by atoms with Crippen LogP contribution in [0.2, 0.25) is 5.02 Å². The molecule has 5 nitrogen and oxygen atoms in total. The standard InChI is InChI=1S/C22H29ClN4OS/c1-16(2)21-24-20(15-29-21)22(28)27-8-4-7-19(14-27)26-11-9-25(10-12-26)18-6-3-5-17(23)13-18/h3,5-6,13,15-16,19H,4,7-12,14H2,1-2H3/t19-/m0/s1. The monoisotopic (exact) mass is 432 g/mol. The number of hydrogen-bond acceptors (Lipinski definition) is 5. The number of piperazine rings is 1. The molecule has 0 spiro atoms. The molecule has 156 valence electrons. The highest BCUT2D eigenvalue weighted by molar-refractivity contribution is 7.09. The Morgan fingerprint density at radius 1 is 1.21 bits per heavy atom. The summed E-state index contributed by atoms with van der Waals surface area (Å²) in [7, 11) is 0. The average molecular weight is 433 g/mol. The van der Waals surface area contributed by atoms with Crippen LogP contribution in [0.4, 0.5) is 5.69 Å². The van der Waals surface area contributed by atoms with Crippen LogP contribution in [-0.2, 0) is 0 Å². The predicted octanol–water partition coefficient (Wildman–Crippen LogP) is 4.35. The van der Waals surface area contributed by atoms with Crippen molar-refractivity contribution < 1.29 is 4.79 Å². The molecular weight excluding hydrogens is 404 g/mol. The van der Waals surface area contributed by atoms with Crippen molar-refractivity contribution in [1.29, 1.82) is 0 Å². The Labute approximate surface area is 182 Å². The molecular formula is C22H29ClN4OS. The topological polar surface area (TPSA) is 39.7 Å². The summed E-state index contributed by atoms with van der Waals surface area (Å²) in [6.07, 6.45) is 2.22. The van der Waals surface area contributed by atoms with E-state index in [1.54, 1.807) is 11.3 Å². The fraction of sp³-hybridized carbons (Fsp3) is 0.545. The first-order valence-corrected chi connectivity index (χ1v) is 11.8. The first-order chi connectivity index (χ1) is 14.0. The van der Waals surface area contributed by atoms with Crippen LogP contribution in [0.3, 0.4) is 0 Å². The highest BCUT2D eigenvalue weighted by atomic mass is 35.5. The largest absolute Gasteiger partial charge is 0.369 e. The zero-order chi connectivity index (χ0) is 20.4. The Bertz CT molecular complexity index is 847. The maximum Gasteiger partial charge on any atom is 0.273 e. The number of likely N-dealkylation sites (tertiary alicyclic amines) is 1. The molecule has 1 atom stereocenters. The van der Waals surface area contributed by atoms with Crippen LogP contribution in [-0.4, -0.2) is 66.0 Å². The summed E-state index contributed by atoms with van der Waals surface area (Å²) < 4.78 is 0. The number of carbonyl (C=O) groups is 1. The first kappa shape index (κ1) is 20.6. The molecule has 0 saturated carbocycles. The van der Waals surface area contributed by atoms with Crippen LogP contribution in [0.5, 0.6) is 0 Å². The normalized spacial score (nSPS) is 21.0. The third-order valence-electron chi connectivity index (χ3n) is 5.92. The number of rotatable bonds is 4. The van der Waals surface area contributed by atoms with Crippen molar-refractivity contribution in [1.82, 2.24) is 14.8 Å². The molecule has 2 fully saturated rings. The minimum absolute atomic E-state index is 0.0930. The minimum atomic E-state index is 0.0930. The van der Waals surface area contributed by atoms with Gasteiger partial charge in [0.05, 0.1) is 5.01 Å². The molecule has 2 saturated heterocycles. The second kappa shape index (κ2) is 9.02. The van der Waals surface area contributed by atoms with E-state index in [1.165, 1.54) is 5.69 Å². The average Bonchev–Trinajstić information content (AvgIpc) is 3.24. The van der Waals surface area contributed by atoms with Gasteiger partial charge in [0.15, 0.2) is 0 Å². The molecule has 0 aliphatic carbocycles. The Balaban J connectivity index is 1.34. The van der Waals surface area contributed by atoms with Gasteiger partial charge in [-0.05, 0) is 31.0 Å². The summed E-state index contributed by atoms with van der Waals surface area (Å²) in [4.78, 5) is 24.5. The highest BCUT2D eigenvalue weighted by Crippen LogP contribution is 2.25. The molecule has 2 aliphatic heterocycles. The van der Waals surface area contributed by atoms with Crippen molar-refractivity contribution in [2.24, 2.45) is 0 Å². The number of amides is 1. The quantitative estimate of drug-likeness (QED) is 0.720. The summed E-state index contributed by atoms with van der Waals surface area (Å²) in [6.45, 7) is 9.92. The summed E-state index contributed by atoms with van der Waals surface area (Å²) >= 11 is 7.74. The lowest BCUT2D eigenvalue weighted by Gasteiger charge is -2.43. The van der Waals surface area contributed by atoms with Crippen LogP contribution >= 0.6 is 22.9 Å². The number of piperidine rings is 1. The number of halogens is 1. The summed E-state index contributed by atoms with van der Waals surface area (Å²) in [5, 5.41) is 3.75. The highest BCUT2D eigenvalue weighted by Gasteiger charge is 2.31. The van der Waals surface area contributed by atoms with Gasteiger partial charge in [0.2, 0.25) is 0 Å². The van der Waals surface area contributed by atoms with Crippen LogP contribution in [0.15, 0.2) is 29.6 Å². The smallest absolute Gasteiger partial charge is 0.273 e.